The van der Waals surface area contributed by atoms with Crippen LogP contribution < -0.4 is 0 Å². The molecule has 0 bridgehead atoms. The summed E-state index contributed by atoms with van der Waals surface area (Å²) in [7, 11) is 0. The Hall–Kier alpha value is -0.730. The first-order chi connectivity index (χ1) is 6.41. The summed E-state index contributed by atoms with van der Waals surface area (Å²) in [6.45, 7) is 7.28. The smallest absolute Gasteiger partial charge is 0.166 e. The quantitative estimate of drug-likeness (QED) is 0.542. The second-order valence-corrected chi connectivity index (χ2v) is 3.18. The lowest BCUT2D eigenvalue weighted by molar-refractivity contribution is -0.0894. The average Bonchev–Trinajstić information content (AvgIpc) is 2.11. The molecule has 14 heavy (non-hydrogen) atoms. The third kappa shape index (κ3) is 3.56. The molecule has 0 heterocycles. The highest BCUT2D eigenvalue weighted by Crippen LogP contribution is 2.35. The largest absolute Gasteiger partial charge is 0.416 e. The fraction of sp³-hybridized carbons (Fsp3) is 0.636. The van der Waals surface area contributed by atoms with Gasteiger partial charge in [0.05, 0.1) is 5.57 Å². The number of rotatable bonds is 0. The van der Waals surface area contributed by atoms with E-state index in [-0.39, 0.29) is 0 Å². The van der Waals surface area contributed by atoms with E-state index in [9.17, 15) is 13.2 Å². The molecule has 0 saturated heterocycles. The van der Waals surface area contributed by atoms with E-state index in [1.165, 1.54) is 6.08 Å². The van der Waals surface area contributed by atoms with Crippen molar-refractivity contribution < 1.29 is 13.2 Å². The molecule has 1 aliphatic carbocycles. The highest BCUT2D eigenvalue weighted by atomic mass is 19.4. The molecule has 0 fully saturated rings. The Kier molecular flexibility index (Phi) is 4.95. The van der Waals surface area contributed by atoms with Crippen molar-refractivity contribution in [3.63, 3.8) is 0 Å². The van der Waals surface area contributed by atoms with Crippen LogP contribution in [0.15, 0.2) is 22.8 Å². The Morgan fingerprint density at radius 3 is 1.93 bits per heavy atom. The Labute approximate surface area is 83.5 Å². The first kappa shape index (κ1) is 13.3. The van der Waals surface area contributed by atoms with Crippen molar-refractivity contribution in [2.45, 2.75) is 46.7 Å². The van der Waals surface area contributed by atoms with E-state index in [1.807, 2.05) is 13.8 Å². The van der Waals surface area contributed by atoms with Crippen LogP contribution in [-0.4, -0.2) is 6.18 Å². The summed E-state index contributed by atoms with van der Waals surface area (Å²) >= 11 is 0. The van der Waals surface area contributed by atoms with E-state index in [0.29, 0.717) is 12.0 Å². The first-order valence-electron chi connectivity index (χ1n) is 4.85. The van der Waals surface area contributed by atoms with Crippen molar-refractivity contribution in [2.24, 2.45) is 0 Å². The molecule has 0 saturated carbocycles. The molecule has 0 radical (unpaired) electrons. The van der Waals surface area contributed by atoms with Crippen LogP contribution in [0.25, 0.3) is 0 Å². The van der Waals surface area contributed by atoms with Crippen LogP contribution in [0.2, 0.25) is 0 Å². The summed E-state index contributed by atoms with van der Waals surface area (Å²) in [5, 5.41) is 0. The van der Waals surface area contributed by atoms with Gasteiger partial charge in [-0.3, -0.25) is 0 Å². The van der Waals surface area contributed by atoms with Crippen LogP contribution in [-0.2, 0) is 0 Å². The van der Waals surface area contributed by atoms with Crippen molar-refractivity contribution >= 4 is 0 Å². The lowest BCUT2D eigenvalue weighted by Crippen LogP contribution is -2.14. The van der Waals surface area contributed by atoms with Gasteiger partial charge in [-0.1, -0.05) is 31.1 Å². The predicted molar refractivity (Wildman–Crippen MR) is 53.1 cm³/mol. The first-order valence-corrected chi connectivity index (χ1v) is 4.85. The van der Waals surface area contributed by atoms with Crippen LogP contribution in [0.1, 0.15) is 40.5 Å². The van der Waals surface area contributed by atoms with E-state index in [4.69, 9.17) is 0 Å². The van der Waals surface area contributed by atoms with E-state index >= 15 is 0 Å². The van der Waals surface area contributed by atoms with E-state index in [1.54, 1.807) is 13.8 Å². The summed E-state index contributed by atoms with van der Waals surface area (Å²) < 4.78 is 36.8. The average molecular weight is 206 g/mol. The van der Waals surface area contributed by atoms with Gasteiger partial charge in [0.1, 0.15) is 0 Å². The van der Waals surface area contributed by atoms with E-state index in [0.717, 1.165) is 12.0 Å². The zero-order valence-electron chi connectivity index (χ0n) is 9.13. The second kappa shape index (κ2) is 5.23. The molecular formula is C11H17F3. The number of alkyl halides is 3. The molecule has 0 spiro atoms. The minimum atomic E-state index is -4.17. The molecule has 0 nitrogen and oxygen atoms in total. The van der Waals surface area contributed by atoms with Crippen molar-refractivity contribution in [1.82, 2.24) is 0 Å². The fourth-order valence-electron chi connectivity index (χ4n) is 1.28. The van der Waals surface area contributed by atoms with Gasteiger partial charge in [-0.05, 0) is 26.7 Å². The van der Waals surface area contributed by atoms with Crippen LogP contribution >= 0.6 is 0 Å². The molecule has 1 aliphatic rings. The Balaban J connectivity index is 0.000000791. The van der Waals surface area contributed by atoms with Gasteiger partial charge in [-0.2, -0.15) is 13.2 Å². The van der Waals surface area contributed by atoms with Crippen LogP contribution in [0, 0.1) is 0 Å². The molecule has 0 aliphatic heterocycles. The van der Waals surface area contributed by atoms with Gasteiger partial charge in [0.2, 0.25) is 0 Å². The summed E-state index contributed by atoms with van der Waals surface area (Å²) in [6.07, 6.45) is -1.63. The van der Waals surface area contributed by atoms with Gasteiger partial charge in [0.15, 0.2) is 0 Å². The van der Waals surface area contributed by atoms with Crippen molar-refractivity contribution in [1.29, 1.82) is 0 Å². The molecule has 0 atom stereocenters. The van der Waals surface area contributed by atoms with Crippen molar-refractivity contribution in [3.05, 3.63) is 22.8 Å². The van der Waals surface area contributed by atoms with Crippen LogP contribution in [0.3, 0.4) is 0 Å². The number of hydrogen-bond donors (Lipinski definition) is 0. The number of allylic oxidation sites excluding steroid dienone is 4. The van der Waals surface area contributed by atoms with Gasteiger partial charge < -0.3 is 0 Å². The Morgan fingerprint density at radius 1 is 1.07 bits per heavy atom. The maximum atomic E-state index is 12.3. The molecule has 0 aromatic heterocycles. The molecule has 0 unspecified atom stereocenters. The van der Waals surface area contributed by atoms with Gasteiger partial charge in [-0.25, -0.2) is 0 Å². The third-order valence-corrected chi connectivity index (χ3v) is 2.05. The third-order valence-electron chi connectivity index (χ3n) is 2.05. The molecule has 0 amide bonds. The second-order valence-electron chi connectivity index (χ2n) is 3.18. The lowest BCUT2D eigenvalue weighted by Gasteiger charge is -2.17. The Bertz CT molecular complexity index is 244. The topological polar surface area (TPSA) is 0 Å². The van der Waals surface area contributed by atoms with E-state index < -0.39 is 11.7 Å². The zero-order chi connectivity index (χ0) is 11.4. The van der Waals surface area contributed by atoms with Crippen molar-refractivity contribution in [3.8, 4) is 0 Å². The zero-order valence-corrected chi connectivity index (χ0v) is 9.13. The highest BCUT2D eigenvalue weighted by Gasteiger charge is 2.34. The summed E-state index contributed by atoms with van der Waals surface area (Å²) in [6, 6.07) is 0. The fourth-order valence-corrected chi connectivity index (χ4v) is 1.28. The summed E-state index contributed by atoms with van der Waals surface area (Å²) in [5.41, 5.74) is 0.812. The molecule has 0 aromatic carbocycles. The normalized spacial score (nSPS) is 17.2. The molecule has 3 heteroatoms. The molecule has 0 N–H and O–H groups in total. The SMILES string of the molecule is CC.CC1=CC(C(F)(F)F)=C(C)CC1. The molecule has 82 valence electrons. The maximum Gasteiger partial charge on any atom is 0.416 e. The molecule has 1 rings (SSSR count). The van der Waals surface area contributed by atoms with Crippen LogP contribution in [0.4, 0.5) is 13.2 Å². The highest BCUT2D eigenvalue weighted by molar-refractivity contribution is 5.35. The van der Waals surface area contributed by atoms with Gasteiger partial charge >= 0.3 is 6.18 Å². The predicted octanol–water partition coefficient (Wildman–Crippen LogP) is 4.63. The number of halogens is 3. The van der Waals surface area contributed by atoms with E-state index in [2.05, 4.69) is 0 Å². The minimum Gasteiger partial charge on any atom is -0.166 e. The minimum absolute atomic E-state index is 0.452. The molecular weight excluding hydrogens is 189 g/mol. The molecule has 0 aromatic rings. The lowest BCUT2D eigenvalue weighted by atomic mass is 9.94. The van der Waals surface area contributed by atoms with Gasteiger partial charge in [0, 0.05) is 0 Å². The summed E-state index contributed by atoms with van der Waals surface area (Å²) in [4.78, 5) is 0. The van der Waals surface area contributed by atoms with Crippen LogP contribution in [0.5, 0.6) is 0 Å². The van der Waals surface area contributed by atoms with Crippen molar-refractivity contribution in [2.75, 3.05) is 0 Å². The van der Waals surface area contributed by atoms with Gasteiger partial charge in [0.25, 0.3) is 0 Å². The number of hydrogen-bond acceptors (Lipinski definition) is 0. The standard InChI is InChI=1S/C9H11F3.C2H6/c1-6-3-4-7(2)8(5-6)9(10,11)12;1-2/h5H,3-4H2,1-2H3;1-2H3. The monoisotopic (exact) mass is 206 g/mol. The Morgan fingerprint density at radius 2 is 1.57 bits per heavy atom. The maximum absolute atomic E-state index is 12.3. The van der Waals surface area contributed by atoms with Gasteiger partial charge in [-0.15, -0.1) is 0 Å². The summed E-state index contributed by atoms with van der Waals surface area (Å²) in [5.74, 6) is 0.